The van der Waals surface area contributed by atoms with Crippen molar-refractivity contribution in [1.29, 1.82) is 0 Å². The van der Waals surface area contributed by atoms with Gasteiger partial charge in [-0.05, 0) is 105 Å². The number of carbonyl (C=O) groups is 15. The van der Waals surface area contributed by atoms with Crippen molar-refractivity contribution < 1.29 is 148 Å². The number of methoxy groups -OCH3 is 2. The molecule has 38 nitrogen and oxygen atoms in total. The van der Waals surface area contributed by atoms with Gasteiger partial charge >= 0.3 is 41.8 Å². The van der Waals surface area contributed by atoms with Crippen LogP contribution in [0.4, 0.5) is 0 Å². The summed E-state index contributed by atoms with van der Waals surface area (Å²) in [6.45, 7) is 15.3. The molecule has 3 aliphatic heterocycles. The van der Waals surface area contributed by atoms with E-state index in [1.165, 1.54) is 81.4 Å². The highest BCUT2D eigenvalue weighted by Gasteiger charge is 2.51. The van der Waals surface area contributed by atoms with E-state index in [0.29, 0.717) is 66.7 Å². The Balaban J connectivity index is 1.28. The lowest BCUT2D eigenvalue weighted by Crippen LogP contribution is -2.62. The summed E-state index contributed by atoms with van der Waals surface area (Å²) in [4.78, 5) is 199. The van der Waals surface area contributed by atoms with E-state index in [1.54, 1.807) is 74.2 Å². The zero-order valence-electron chi connectivity index (χ0n) is 78.4. The predicted molar refractivity (Wildman–Crippen MR) is 485 cm³/mol. The van der Waals surface area contributed by atoms with Crippen LogP contribution in [0.1, 0.15) is 203 Å². The van der Waals surface area contributed by atoms with E-state index in [0.717, 1.165) is 0 Å². The third-order valence-corrected chi connectivity index (χ3v) is 23.3. The zero-order chi connectivity index (χ0) is 97.9. The number of unbranched alkanes of at least 4 members (excludes halogenated alkanes) is 4. The third-order valence-electron chi connectivity index (χ3n) is 22.3. The van der Waals surface area contributed by atoms with Crippen LogP contribution < -0.4 is 35.5 Å². The second-order valence-electron chi connectivity index (χ2n) is 32.8. The van der Waals surface area contributed by atoms with Crippen molar-refractivity contribution in [3.05, 3.63) is 95.6 Å². The van der Waals surface area contributed by atoms with Crippen LogP contribution in [0.3, 0.4) is 0 Å². The molecule has 3 heterocycles. The van der Waals surface area contributed by atoms with Gasteiger partial charge in [-0.25, -0.2) is 11.2 Å². The first-order chi connectivity index (χ1) is 63.3. The highest BCUT2D eigenvalue weighted by atomic mass is 32.9. The molecule has 0 aromatic heterocycles. The number of ketones is 1. The number of Topliss-reactive ketones (excluding diaryl/α,β-unsaturated/α-hetero) is 1. The van der Waals surface area contributed by atoms with Gasteiger partial charge in [0.2, 0.25) is 41.5 Å². The maximum Gasteiger partial charge on any atom is 0.307 e. The van der Waals surface area contributed by atoms with E-state index >= 15 is 4.79 Å². The van der Waals surface area contributed by atoms with Gasteiger partial charge < -0.3 is 112 Å². The fourth-order valence-corrected chi connectivity index (χ4v) is 16.8. The summed E-state index contributed by atoms with van der Waals surface area (Å²) in [6, 6.07) is 21.0. The van der Waals surface area contributed by atoms with Crippen molar-refractivity contribution in [2.24, 2.45) is 17.8 Å². The number of carbonyl (C=O) groups excluding carboxylic acids is 15. The van der Waals surface area contributed by atoms with Gasteiger partial charge in [0.25, 0.3) is 5.91 Å². The van der Waals surface area contributed by atoms with Crippen LogP contribution in [-0.4, -0.2) is 272 Å². The second kappa shape index (κ2) is 58.4. The Bertz CT molecular complexity index is 4320. The van der Waals surface area contributed by atoms with Crippen molar-refractivity contribution >= 4 is 117 Å². The molecule has 0 bridgehead atoms. The number of amides is 7. The van der Waals surface area contributed by atoms with Gasteiger partial charge in [-0.15, -0.1) is 0 Å². The summed E-state index contributed by atoms with van der Waals surface area (Å²) in [5.41, 5.74) is 0.172. The molecule has 16 atom stereocenters. The lowest BCUT2D eigenvalue weighted by Gasteiger charge is -2.44. The molecular weight excluding hydrogens is 1790 g/mol. The molecule has 0 saturated carbocycles. The Morgan fingerprint density at radius 3 is 1.23 bits per heavy atom. The topological polar surface area (TPSA) is 470 Å². The van der Waals surface area contributed by atoms with Gasteiger partial charge in [0.05, 0.1) is 45.4 Å². The van der Waals surface area contributed by atoms with Crippen molar-refractivity contribution in [3.8, 4) is 11.5 Å². The smallest absolute Gasteiger partial charge is 0.307 e. The average Bonchev–Trinajstić information content (AvgIpc) is 0.755. The summed E-state index contributed by atoms with van der Waals surface area (Å²) in [6.07, 6.45) is -8.24. The summed E-state index contributed by atoms with van der Waals surface area (Å²) < 4.78 is 96.9. The van der Waals surface area contributed by atoms with E-state index in [-0.39, 0.29) is 148 Å². The van der Waals surface area contributed by atoms with Gasteiger partial charge in [0.15, 0.2) is 18.9 Å². The maximum absolute atomic E-state index is 16.0. The molecule has 133 heavy (non-hydrogen) atoms. The molecule has 7 amide bonds. The lowest BCUT2D eigenvalue weighted by molar-refractivity contribution is -0.262. The number of ether oxygens (including phenoxy) is 16. The van der Waals surface area contributed by atoms with Crippen LogP contribution in [0, 0.1) is 17.8 Å². The monoisotopic (exact) mass is 1930 g/mol. The van der Waals surface area contributed by atoms with E-state index in [1.807, 2.05) is 30.3 Å². The highest BCUT2D eigenvalue weighted by molar-refractivity contribution is 8.38. The van der Waals surface area contributed by atoms with E-state index in [4.69, 9.17) is 87.0 Å². The van der Waals surface area contributed by atoms with Crippen LogP contribution >= 0.6 is 8.02 Å². The normalized spacial score (nSPS) is 21.8. The first-order valence-corrected chi connectivity index (χ1v) is 48.2. The summed E-state index contributed by atoms with van der Waals surface area (Å²) in [5, 5.41) is 11.4. The Morgan fingerprint density at radius 2 is 0.827 bits per heavy atom. The molecule has 7 unspecified atom stereocenters. The summed E-state index contributed by atoms with van der Waals surface area (Å²) in [5.74, 6) is -8.53. The highest BCUT2D eigenvalue weighted by Crippen LogP contribution is 2.43. The van der Waals surface area contributed by atoms with Crippen LogP contribution in [0.2, 0.25) is 0 Å². The predicted octanol–water partition coefficient (Wildman–Crippen LogP) is 6.81. The Kier molecular flexibility index (Phi) is 49.1. The van der Waals surface area contributed by atoms with Gasteiger partial charge in [0.1, 0.15) is 79.3 Å². The van der Waals surface area contributed by atoms with E-state index in [9.17, 15) is 67.1 Å². The minimum Gasteiger partial charge on any atom is -0.497 e. The molecule has 5 N–H and O–H groups in total. The van der Waals surface area contributed by atoms with Crippen LogP contribution in [0.15, 0.2) is 78.9 Å². The maximum atomic E-state index is 16.0. The number of hydrogen-bond acceptors (Lipinski definition) is 33. The third kappa shape index (κ3) is 38.4. The van der Waals surface area contributed by atoms with Crippen molar-refractivity contribution in [1.82, 2.24) is 35.8 Å². The molecule has 3 aromatic carbocycles. The number of nitrogens with one attached hydrogen (secondary N) is 5. The largest absolute Gasteiger partial charge is 0.497 e. The molecule has 740 valence electrons. The van der Waals surface area contributed by atoms with Crippen molar-refractivity contribution in [2.75, 3.05) is 93.2 Å². The number of esters is 7. The van der Waals surface area contributed by atoms with Crippen LogP contribution in [-0.2, 0) is 164 Å². The average molecular weight is 1930 g/mol. The van der Waals surface area contributed by atoms with Crippen molar-refractivity contribution in [3.63, 3.8) is 0 Å². The summed E-state index contributed by atoms with van der Waals surface area (Å²) in [7, 11) is 5.11. The molecular formula is C92H133N7O31PS2-. The molecule has 3 saturated heterocycles. The van der Waals surface area contributed by atoms with Crippen molar-refractivity contribution in [2.45, 2.75) is 271 Å². The van der Waals surface area contributed by atoms with Crippen LogP contribution in [0.5, 0.6) is 11.5 Å². The minimum absolute atomic E-state index is 0.00589. The zero-order valence-corrected chi connectivity index (χ0v) is 81.0. The quantitative estimate of drug-likeness (QED) is 0.00967. The molecule has 6 rings (SSSR count). The van der Waals surface area contributed by atoms with Crippen LogP contribution in [0.25, 0.3) is 0 Å². The second-order valence-corrected chi connectivity index (χ2v) is 36.7. The first-order valence-electron chi connectivity index (χ1n) is 44.8. The molecule has 0 radical (unpaired) electrons. The number of hydrogen-bond donors (Lipinski definition) is 5. The number of nitrogens with zero attached hydrogens (tertiary/aromatic N) is 2. The molecule has 3 aromatic rings. The van der Waals surface area contributed by atoms with E-state index in [2.05, 4.69) is 34.0 Å². The minimum atomic E-state index is -1.74. The lowest BCUT2D eigenvalue weighted by atomic mass is 9.80. The molecule has 3 aliphatic rings. The fourth-order valence-electron chi connectivity index (χ4n) is 15.9. The number of rotatable bonds is 57. The standard InChI is InChI=1S/C92H133N7O31PS2/c1-56-82(94-59(4)100)89(128-74(52-120-62(7)103)85(56)124-65(10)106)117-49-23-19-31-71(109)30-18-22-45-98(80(112)33-21-25-51-119-91-84(96-61(6)102)58(3)87(126-67(12)108)76(130-91)54-122-64(9)105)47-27-48-99(46-26-44-93-78(110)32-20-24-50-118-90-83(95-60(5)101)57(2)86(125-66(11)107)75(129-90)53-121-63(8)104)88(114)77(127-81(113)43-42-79(111)97-133(131)132)55-123-92(68-28-16-15-17-29-68,69-34-38-72(115-13)39-35-69)70-36-40-73(116-14)41-37-70/h15-17,28-29,34-41,56-58,74-77,82-87,89-91,131H,18-27,30-33,42-55H2,1-14H3,(H,93,110)(H,94,100)(H,95,101)(H,96,102)(H,97,111,132)/q-1/t56-,57-,58-,74?,75?,76?,77?,82?,83?,84?,85-,86-,87-,89-,90-,91-/m1/s1. The molecule has 0 aliphatic carbocycles. The van der Waals surface area contributed by atoms with Gasteiger partial charge in [-0.2, -0.15) is 0 Å². The van der Waals surface area contributed by atoms with Gasteiger partial charge in [-0.1, -0.05) is 75.4 Å². The SMILES string of the molecule is COc1ccc(C(OCC(OC(=O)CCC(=O)N[S-](=P)=S)C(=O)N(CCCNC(=O)CCCCO[C@@H]2OC(COC(C)=O)[C@H](OC(C)=O)[C@H](C)C2NC(C)=O)CCCN(CCCCC(=O)CCCCO[C@@H]2OC(COC(C)=O)[C@H](OC(C)=O)[C@H](C)C2NC(C)=O)C(=O)CCCCO[C@@H]2OC(COC(C)=O)[C@H](OC(C)=O)[C@H](C)C2NC(C)=O)(c2ccccc2)c2ccc(OC)cc2)cc1. The molecule has 0 spiro atoms. The fraction of sp³-hybridized carbons (Fsp3) is 0.641. The first kappa shape index (κ1) is 112. The summed E-state index contributed by atoms with van der Waals surface area (Å²) >= 11 is 5.14. The molecule has 3 fully saturated rings. The van der Waals surface area contributed by atoms with Gasteiger partial charge in [0, 0.05) is 165 Å². The Morgan fingerprint density at radius 1 is 0.444 bits per heavy atom. The number of benzene rings is 3. The van der Waals surface area contributed by atoms with Gasteiger partial charge in [-0.3, -0.25) is 88.8 Å². The Labute approximate surface area is 785 Å². The van der Waals surface area contributed by atoms with E-state index < -0.39 is 196 Å². The molecule has 41 heteroatoms. The Hall–Kier alpha value is -9.90.